The number of nitrogens with zero attached hydrogens (tertiary/aromatic N) is 3. The highest BCUT2D eigenvalue weighted by molar-refractivity contribution is 6.37. The van der Waals surface area contributed by atoms with Gasteiger partial charge in [0.2, 0.25) is 5.95 Å². The zero-order valence-electron chi connectivity index (χ0n) is 8.56. The van der Waals surface area contributed by atoms with Crippen molar-refractivity contribution in [1.29, 1.82) is 0 Å². The molecule has 0 radical (unpaired) electrons. The Labute approximate surface area is 104 Å². The number of aryl methyl sites for hydroxylation is 1. The maximum Gasteiger partial charge on any atom is 0.245 e. The van der Waals surface area contributed by atoms with Gasteiger partial charge < -0.3 is 0 Å². The number of hydrogen-bond acceptors (Lipinski definition) is 3. The van der Waals surface area contributed by atoms with Crippen molar-refractivity contribution in [3.63, 3.8) is 0 Å². The van der Waals surface area contributed by atoms with Gasteiger partial charge in [-0.2, -0.15) is 0 Å². The van der Waals surface area contributed by atoms with E-state index in [-0.39, 0.29) is 0 Å². The first-order valence-corrected chi connectivity index (χ1v) is 5.39. The molecule has 5 heteroatoms. The summed E-state index contributed by atoms with van der Waals surface area (Å²) in [6, 6.07) is 7.32. The minimum Gasteiger partial charge on any atom is -0.220 e. The molecule has 0 unspecified atom stereocenters. The predicted octanol–water partition coefficient (Wildman–Crippen LogP) is 3.73. The van der Waals surface area contributed by atoms with Crippen molar-refractivity contribution in [2.75, 3.05) is 4.42 Å². The summed E-state index contributed by atoms with van der Waals surface area (Å²) < 4.78 is 1.34. The molecule has 0 aliphatic heterocycles. The number of anilines is 2. The monoisotopic (exact) mass is 253 g/mol. The molecule has 0 fully saturated rings. The van der Waals surface area contributed by atoms with Gasteiger partial charge in [-0.05, 0) is 30.7 Å². The minimum absolute atomic E-state index is 0.400. The molecule has 1 aromatic carbocycles. The molecule has 0 aliphatic carbocycles. The molecule has 1 aromatic heterocycles. The third-order valence-corrected chi connectivity index (χ3v) is 2.69. The Bertz CT molecular complexity index is 488. The lowest BCUT2D eigenvalue weighted by molar-refractivity contribution is 1.12. The van der Waals surface area contributed by atoms with E-state index in [1.165, 1.54) is 4.42 Å². The van der Waals surface area contributed by atoms with E-state index in [9.17, 15) is 0 Å². The number of rotatable bonds is 2. The topological polar surface area (TPSA) is 29.0 Å². The van der Waals surface area contributed by atoms with E-state index in [4.69, 9.17) is 23.4 Å². The Kier molecular flexibility index (Phi) is 3.27. The van der Waals surface area contributed by atoms with Crippen LogP contribution in [-0.2, 0) is 0 Å². The van der Waals surface area contributed by atoms with Gasteiger partial charge in [0.05, 0.1) is 10.7 Å². The standard InChI is InChI=1S/C11H9Cl2N3/c1-8-3-4-9(12)10(7-8)16(13)11-14-5-2-6-15-11/h2-7H,1H3. The number of aromatic nitrogens is 2. The highest BCUT2D eigenvalue weighted by Crippen LogP contribution is 2.32. The highest BCUT2D eigenvalue weighted by atomic mass is 35.5. The summed E-state index contributed by atoms with van der Waals surface area (Å²) in [6.45, 7) is 1.97. The van der Waals surface area contributed by atoms with E-state index in [0.717, 1.165) is 5.56 Å². The molecule has 16 heavy (non-hydrogen) atoms. The van der Waals surface area contributed by atoms with E-state index in [2.05, 4.69) is 9.97 Å². The van der Waals surface area contributed by atoms with Gasteiger partial charge in [-0.3, -0.25) is 0 Å². The second-order valence-electron chi connectivity index (χ2n) is 3.28. The average molecular weight is 254 g/mol. The molecule has 0 atom stereocenters. The van der Waals surface area contributed by atoms with Gasteiger partial charge >= 0.3 is 0 Å². The van der Waals surface area contributed by atoms with Crippen molar-refractivity contribution < 1.29 is 0 Å². The zero-order chi connectivity index (χ0) is 11.5. The molecule has 1 heterocycles. The van der Waals surface area contributed by atoms with Crippen LogP contribution < -0.4 is 4.42 Å². The van der Waals surface area contributed by atoms with Crippen molar-refractivity contribution in [2.45, 2.75) is 6.92 Å². The zero-order valence-corrected chi connectivity index (χ0v) is 10.1. The summed E-state index contributed by atoms with van der Waals surface area (Å²) in [5, 5.41) is 0.563. The van der Waals surface area contributed by atoms with Gasteiger partial charge in [-0.25, -0.2) is 14.4 Å². The Balaban J connectivity index is 2.41. The molecule has 0 bridgehead atoms. The average Bonchev–Trinajstić information content (AvgIpc) is 2.32. The van der Waals surface area contributed by atoms with E-state index in [1.54, 1.807) is 24.5 Å². The van der Waals surface area contributed by atoms with Crippen LogP contribution in [0.2, 0.25) is 5.02 Å². The van der Waals surface area contributed by atoms with Crippen LogP contribution in [0.5, 0.6) is 0 Å². The van der Waals surface area contributed by atoms with Gasteiger partial charge in [0.1, 0.15) is 0 Å². The minimum atomic E-state index is 0.400. The fourth-order valence-corrected chi connectivity index (χ4v) is 1.75. The first-order chi connectivity index (χ1) is 7.68. The summed E-state index contributed by atoms with van der Waals surface area (Å²) in [7, 11) is 0. The van der Waals surface area contributed by atoms with Crippen LogP contribution in [-0.4, -0.2) is 9.97 Å². The summed E-state index contributed by atoms with van der Waals surface area (Å²) in [4.78, 5) is 8.10. The molecular formula is C11H9Cl2N3. The molecular weight excluding hydrogens is 245 g/mol. The Morgan fingerprint density at radius 1 is 1.19 bits per heavy atom. The molecule has 0 amide bonds. The van der Waals surface area contributed by atoms with E-state index in [0.29, 0.717) is 16.7 Å². The predicted molar refractivity (Wildman–Crippen MR) is 66.2 cm³/mol. The first-order valence-electron chi connectivity index (χ1n) is 4.67. The van der Waals surface area contributed by atoms with Gasteiger partial charge in [-0.1, -0.05) is 17.7 Å². The molecule has 0 saturated carbocycles. The van der Waals surface area contributed by atoms with Gasteiger partial charge in [0.15, 0.2) is 0 Å². The van der Waals surface area contributed by atoms with Crippen molar-refractivity contribution in [3.05, 3.63) is 47.2 Å². The SMILES string of the molecule is Cc1ccc(Cl)c(N(Cl)c2ncccn2)c1. The fourth-order valence-electron chi connectivity index (χ4n) is 1.27. The lowest BCUT2D eigenvalue weighted by Crippen LogP contribution is -2.06. The lowest BCUT2D eigenvalue weighted by Gasteiger charge is -2.15. The Morgan fingerprint density at radius 2 is 1.88 bits per heavy atom. The maximum atomic E-state index is 6.13. The lowest BCUT2D eigenvalue weighted by atomic mass is 10.2. The van der Waals surface area contributed by atoms with Crippen molar-refractivity contribution in [2.24, 2.45) is 0 Å². The number of halogens is 2. The third-order valence-electron chi connectivity index (χ3n) is 2.04. The van der Waals surface area contributed by atoms with Crippen LogP contribution in [0.1, 0.15) is 5.56 Å². The molecule has 0 saturated heterocycles. The quantitative estimate of drug-likeness (QED) is 0.764. The molecule has 0 spiro atoms. The van der Waals surface area contributed by atoms with Crippen molar-refractivity contribution >= 4 is 35.0 Å². The van der Waals surface area contributed by atoms with Crippen molar-refractivity contribution in [1.82, 2.24) is 9.97 Å². The van der Waals surface area contributed by atoms with Crippen LogP contribution >= 0.6 is 23.4 Å². The maximum absolute atomic E-state index is 6.13. The fraction of sp³-hybridized carbons (Fsp3) is 0.0909. The summed E-state index contributed by atoms with van der Waals surface area (Å²) >= 11 is 12.2. The number of benzene rings is 1. The Hall–Kier alpha value is -1.32. The second kappa shape index (κ2) is 4.68. The van der Waals surface area contributed by atoms with Crippen LogP contribution in [0.3, 0.4) is 0 Å². The van der Waals surface area contributed by atoms with Gasteiger partial charge in [0, 0.05) is 24.2 Å². The van der Waals surface area contributed by atoms with E-state index >= 15 is 0 Å². The first kappa shape index (κ1) is 11.2. The summed E-state index contributed by atoms with van der Waals surface area (Å²) in [6.07, 6.45) is 3.25. The Morgan fingerprint density at radius 3 is 2.56 bits per heavy atom. The van der Waals surface area contributed by atoms with Gasteiger partial charge in [-0.15, -0.1) is 0 Å². The summed E-state index contributed by atoms with van der Waals surface area (Å²) in [5.74, 6) is 0.400. The van der Waals surface area contributed by atoms with Crippen LogP contribution in [0.15, 0.2) is 36.7 Å². The van der Waals surface area contributed by atoms with Crippen LogP contribution in [0, 0.1) is 6.92 Å². The van der Waals surface area contributed by atoms with Gasteiger partial charge in [0.25, 0.3) is 0 Å². The molecule has 82 valence electrons. The summed E-state index contributed by atoms with van der Waals surface area (Å²) in [5.41, 5.74) is 1.75. The second-order valence-corrected chi connectivity index (χ2v) is 4.03. The van der Waals surface area contributed by atoms with E-state index in [1.807, 2.05) is 19.1 Å². The highest BCUT2D eigenvalue weighted by Gasteiger charge is 2.12. The molecule has 2 rings (SSSR count). The van der Waals surface area contributed by atoms with E-state index < -0.39 is 0 Å². The third kappa shape index (κ3) is 2.26. The largest absolute Gasteiger partial charge is 0.245 e. The van der Waals surface area contributed by atoms with Crippen molar-refractivity contribution in [3.8, 4) is 0 Å². The normalized spacial score (nSPS) is 10.2. The molecule has 3 nitrogen and oxygen atoms in total. The smallest absolute Gasteiger partial charge is 0.220 e. The van der Waals surface area contributed by atoms with Crippen LogP contribution in [0.4, 0.5) is 11.6 Å². The molecule has 2 aromatic rings. The van der Waals surface area contributed by atoms with Crippen LogP contribution in [0.25, 0.3) is 0 Å². The number of hydrogen-bond donors (Lipinski definition) is 0. The molecule has 0 N–H and O–H groups in total. The molecule has 0 aliphatic rings.